The Morgan fingerprint density at radius 3 is 2.40 bits per heavy atom. The third-order valence-electron chi connectivity index (χ3n) is 3.74. The number of fused-ring (bicyclic) bond motifs is 1. The molecule has 0 saturated carbocycles. The standard InChI is InChI=1S/C18H15F3N2O2/c1-24-15-7-6-11(10-16(15)25-2)23-14-8-9-22-17-12(14)4-3-5-13(17)18(19,20)21/h3-10H,1-2H3,(H,22,23). The second-order valence-corrected chi connectivity index (χ2v) is 5.25. The Bertz CT molecular complexity index is 910. The summed E-state index contributed by atoms with van der Waals surface area (Å²) in [6, 6.07) is 10.8. The number of nitrogens with zero attached hydrogens (tertiary/aromatic N) is 1. The van der Waals surface area contributed by atoms with Crippen molar-refractivity contribution in [2.75, 3.05) is 19.5 Å². The van der Waals surface area contributed by atoms with Crippen molar-refractivity contribution >= 4 is 22.3 Å². The number of methoxy groups -OCH3 is 2. The van der Waals surface area contributed by atoms with Gasteiger partial charge in [0.2, 0.25) is 0 Å². The first-order chi connectivity index (χ1) is 11.9. The minimum Gasteiger partial charge on any atom is -0.493 e. The van der Waals surface area contributed by atoms with E-state index in [1.165, 1.54) is 26.5 Å². The van der Waals surface area contributed by atoms with Crippen LogP contribution in [0.25, 0.3) is 10.9 Å². The first-order valence-electron chi connectivity index (χ1n) is 7.38. The summed E-state index contributed by atoms with van der Waals surface area (Å²) < 4.78 is 49.9. The molecule has 25 heavy (non-hydrogen) atoms. The van der Waals surface area contributed by atoms with Gasteiger partial charge < -0.3 is 14.8 Å². The van der Waals surface area contributed by atoms with Gasteiger partial charge in [0.25, 0.3) is 0 Å². The SMILES string of the molecule is COc1ccc(Nc2ccnc3c(C(F)(F)F)cccc23)cc1OC. The molecule has 0 radical (unpaired) electrons. The topological polar surface area (TPSA) is 43.4 Å². The highest BCUT2D eigenvalue weighted by Gasteiger charge is 2.33. The molecule has 4 nitrogen and oxygen atoms in total. The van der Waals surface area contributed by atoms with E-state index in [-0.39, 0.29) is 5.52 Å². The lowest BCUT2D eigenvalue weighted by Crippen LogP contribution is -2.07. The summed E-state index contributed by atoms with van der Waals surface area (Å²) in [6.07, 6.45) is -3.12. The van der Waals surface area contributed by atoms with E-state index in [2.05, 4.69) is 10.3 Å². The summed E-state index contributed by atoms with van der Waals surface area (Å²) in [5, 5.41) is 3.49. The Morgan fingerprint density at radius 1 is 0.960 bits per heavy atom. The van der Waals surface area contributed by atoms with Gasteiger partial charge >= 0.3 is 6.18 Å². The number of halogens is 3. The normalized spacial score (nSPS) is 11.4. The van der Waals surface area contributed by atoms with Crippen LogP contribution in [0.2, 0.25) is 0 Å². The third-order valence-corrected chi connectivity index (χ3v) is 3.74. The number of para-hydroxylation sites is 1. The van der Waals surface area contributed by atoms with Crippen molar-refractivity contribution in [3.8, 4) is 11.5 Å². The summed E-state index contributed by atoms with van der Waals surface area (Å²) in [5.41, 5.74) is 0.312. The first-order valence-corrected chi connectivity index (χ1v) is 7.38. The van der Waals surface area contributed by atoms with E-state index in [4.69, 9.17) is 9.47 Å². The van der Waals surface area contributed by atoms with Crippen molar-refractivity contribution in [3.63, 3.8) is 0 Å². The highest BCUT2D eigenvalue weighted by atomic mass is 19.4. The van der Waals surface area contributed by atoms with Crippen LogP contribution >= 0.6 is 0 Å². The van der Waals surface area contributed by atoms with Crippen LogP contribution in [-0.2, 0) is 6.18 Å². The average Bonchev–Trinajstić information content (AvgIpc) is 2.60. The zero-order chi connectivity index (χ0) is 18.0. The van der Waals surface area contributed by atoms with Gasteiger partial charge in [-0.05, 0) is 24.3 Å². The molecule has 3 aromatic rings. The van der Waals surface area contributed by atoms with Gasteiger partial charge in [0.1, 0.15) is 0 Å². The molecule has 130 valence electrons. The summed E-state index contributed by atoms with van der Waals surface area (Å²) in [7, 11) is 3.04. The van der Waals surface area contributed by atoms with E-state index in [9.17, 15) is 13.2 Å². The number of hydrogen-bond acceptors (Lipinski definition) is 4. The van der Waals surface area contributed by atoms with E-state index in [1.807, 2.05) is 0 Å². The van der Waals surface area contributed by atoms with Crippen molar-refractivity contribution in [2.45, 2.75) is 6.18 Å². The molecule has 0 saturated heterocycles. The van der Waals surface area contributed by atoms with E-state index in [0.717, 1.165) is 6.07 Å². The van der Waals surface area contributed by atoms with Crippen molar-refractivity contribution in [2.24, 2.45) is 0 Å². The van der Waals surface area contributed by atoms with Gasteiger partial charge in [0, 0.05) is 29.0 Å². The molecular formula is C18H15F3N2O2. The summed E-state index contributed by atoms with van der Waals surface area (Å²) in [5.74, 6) is 1.08. The van der Waals surface area contributed by atoms with Crippen LogP contribution in [0.15, 0.2) is 48.7 Å². The number of aromatic nitrogens is 1. The highest BCUT2D eigenvalue weighted by molar-refractivity contribution is 5.94. The second kappa shape index (κ2) is 6.51. The van der Waals surface area contributed by atoms with E-state index in [1.54, 1.807) is 30.3 Å². The monoisotopic (exact) mass is 348 g/mol. The van der Waals surface area contributed by atoms with Crippen LogP contribution in [0.5, 0.6) is 11.5 Å². The van der Waals surface area contributed by atoms with Gasteiger partial charge in [0.15, 0.2) is 11.5 Å². The zero-order valence-electron chi connectivity index (χ0n) is 13.5. The van der Waals surface area contributed by atoms with Crippen molar-refractivity contribution in [1.29, 1.82) is 0 Å². The van der Waals surface area contributed by atoms with Gasteiger partial charge in [-0.25, -0.2) is 0 Å². The Kier molecular flexibility index (Phi) is 4.39. The van der Waals surface area contributed by atoms with E-state index >= 15 is 0 Å². The van der Waals surface area contributed by atoms with Crippen LogP contribution in [0.4, 0.5) is 24.5 Å². The van der Waals surface area contributed by atoms with E-state index < -0.39 is 11.7 Å². The molecule has 0 aliphatic heterocycles. The fourth-order valence-electron chi connectivity index (χ4n) is 2.58. The molecule has 0 fully saturated rings. The second-order valence-electron chi connectivity index (χ2n) is 5.25. The minimum absolute atomic E-state index is 0.0968. The number of benzene rings is 2. The van der Waals surface area contributed by atoms with Crippen LogP contribution in [0, 0.1) is 0 Å². The fourth-order valence-corrected chi connectivity index (χ4v) is 2.58. The highest BCUT2D eigenvalue weighted by Crippen LogP contribution is 2.37. The predicted molar refractivity (Wildman–Crippen MR) is 89.6 cm³/mol. The Balaban J connectivity index is 2.06. The zero-order valence-corrected chi connectivity index (χ0v) is 13.5. The molecule has 0 aliphatic carbocycles. The Hall–Kier alpha value is -2.96. The van der Waals surface area contributed by atoms with Crippen LogP contribution in [0.1, 0.15) is 5.56 Å². The number of ether oxygens (including phenoxy) is 2. The molecule has 1 heterocycles. The lowest BCUT2D eigenvalue weighted by Gasteiger charge is -2.14. The summed E-state index contributed by atoms with van der Waals surface area (Å²) in [6.45, 7) is 0. The molecule has 0 amide bonds. The van der Waals surface area contributed by atoms with Gasteiger partial charge in [-0.1, -0.05) is 12.1 Å². The number of rotatable bonds is 4. The third kappa shape index (κ3) is 3.31. The number of alkyl halides is 3. The summed E-state index contributed by atoms with van der Waals surface area (Å²) in [4.78, 5) is 3.91. The molecule has 0 spiro atoms. The maximum Gasteiger partial charge on any atom is 0.418 e. The fraction of sp³-hybridized carbons (Fsp3) is 0.167. The lowest BCUT2D eigenvalue weighted by molar-refractivity contribution is -0.136. The van der Waals surface area contributed by atoms with Gasteiger partial charge in [-0.15, -0.1) is 0 Å². The molecule has 1 aromatic heterocycles. The molecule has 0 unspecified atom stereocenters. The minimum atomic E-state index is -4.46. The number of hydrogen-bond donors (Lipinski definition) is 1. The molecule has 7 heteroatoms. The van der Waals surface area contributed by atoms with Crippen molar-refractivity contribution in [1.82, 2.24) is 4.98 Å². The molecule has 0 bridgehead atoms. The van der Waals surface area contributed by atoms with Crippen LogP contribution in [0.3, 0.4) is 0 Å². The molecule has 2 aromatic carbocycles. The Morgan fingerprint density at radius 2 is 1.72 bits per heavy atom. The quantitative estimate of drug-likeness (QED) is 0.719. The number of nitrogens with one attached hydrogen (secondary N) is 1. The number of pyridine rings is 1. The van der Waals surface area contributed by atoms with Crippen LogP contribution < -0.4 is 14.8 Å². The van der Waals surface area contributed by atoms with Crippen LogP contribution in [-0.4, -0.2) is 19.2 Å². The largest absolute Gasteiger partial charge is 0.493 e. The average molecular weight is 348 g/mol. The maximum absolute atomic E-state index is 13.2. The molecule has 1 N–H and O–H groups in total. The lowest BCUT2D eigenvalue weighted by atomic mass is 10.1. The number of anilines is 2. The van der Waals surface area contributed by atoms with E-state index in [0.29, 0.717) is 28.3 Å². The molecule has 3 rings (SSSR count). The molecule has 0 aliphatic rings. The van der Waals surface area contributed by atoms with Crippen molar-refractivity contribution < 1.29 is 22.6 Å². The summed E-state index contributed by atoms with van der Waals surface area (Å²) >= 11 is 0. The van der Waals surface area contributed by atoms with Gasteiger partial charge in [-0.3, -0.25) is 4.98 Å². The Labute approximate surface area is 142 Å². The molecule has 0 atom stereocenters. The van der Waals surface area contributed by atoms with Gasteiger partial charge in [-0.2, -0.15) is 13.2 Å². The van der Waals surface area contributed by atoms with Crippen molar-refractivity contribution in [3.05, 3.63) is 54.2 Å². The van der Waals surface area contributed by atoms with Gasteiger partial charge in [0.05, 0.1) is 25.3 Å². The maximum atomic E-state index is 13.2. The smallest absolute Gasteiger partial charge is 0.418 e. The molecular weight excluding hydrogens is 333 g/mol. The first kappa shape index (κ1) is 16.9. The predicted octanol–water partition coefficient (Wildman–Crippen LogP) is 5.01.